The first-order chi connectivity index (χ1) is 8.80. The van der Waals surface area contributed by atoms with Crippen LogP contribution in [0.3, 0.4) is 0 Å². The molecule has 0 saturated carbocycles. The number of halogens is 4. The van der Waals surface area contributed by atoms with Gasteiger partial charge in [-0.15, -0.1) is 0 Å². The fourth-order valence-electron chi connectivity index (χ4n) is 2.28. The van der Waals surface area contributed by atoms with Crippen LogP contribution in [0.2, 0.25) is 5.02 Å². The second kappa shape index (κ2) is 5.02. The van der Waals surface area contributed by atoms with Gasteiger partial charge in [0.05, 0.1) is 11.5 Å². The molecule has 1 saturated heterocycles. The van der Waals surface area contributed by atoms with E-state index in [2.05, 4.69) is 5.32 Å². The molecule has 1 aromatic carbocycles. The number of aliphatic carboxylic acids is 1. The third kappa shape index (κ3) is 2.84. The SMILES string of the molecule is O=C(O)C1CNC(c2c(Cl)cccc2C(F)(F)F)C1. The Bertz CT molecular complexity index is 504. The van der Waals surface area contributed by atoms with Gasteiger partial charge in [-0.2, -0.15) is 13.2 Å². The smallest absolute Gasteiger partial charge is 0.416 e. The topological polar surface area (TPSA) is 49.3 Å². The summed E-state index contributed by atoms with van der Waals surface area (Å²) in [4.78, 5) is 10.8. The van der Waals surface area contributed by atoms with Crippen molar-refractivity contribution in [2.24, 2.45) is 5.92 Å². The average molecular weight is 294 g/mol. The van der Waals surface area contributed by atoms with Crippen molar-refractivity contribution in [1.82, 2.24) is 5.32 Å². The minimum Gasteiger partial charge on any atom is -0.481 e. The van der Waals surface area contributed by atoms with Crippen molar-refractivity contribution in [3.63, 3.8) is 0 Å². The van der Waals surface area contributed by atoms with Gasteiger partial charge in [-0.25, -0.2) is 0 Å². The Morgan fingerprint density at radius 1 is 1.42 bits per heavy atom. The molecular weight excluding hydrogens is 283 g/mol. The van der Waals surface area contributed by atoms with Crippen molar-refractivity contribution >= 4 is 17.6 Å². The van der Waals surface area contributed by atoms with E-state index in [-0.39, 0.29) is 23.6 Å². The van der Waals surface area contributed by atoms with E-state index in [9.17, 15) is 18.0 Å². The molecule has 1 fully saturated rings. The van der Waals surface area contributed by atoms with Crippen LogP contribution in [-0.2, 0) is 11.0 Å². The first kappa shape index (κ1) is 14.1. The normalized spacial score (nSPS) is 23.6. The van der Waals surface area contributed by atoms with Crippen molar-refractivity contribution in [3.05, 3.63) is 34.3 Å². The molecular formula is C12H11ClF3NO2. The Morgan fingerprint density at radius 2 is 2.11 bits per heavy atom. The molecule has 2 N–H and O–H groups in total. The highest BCUT2D eigenvalue weighted by Gasteiger charge is 2.39. The van der Waals surface area contributed by atoms with Gasteiger partial charge in [-0.3, -0.25) is 4.79 Å². The predicted molar refractivity (Wildman–Crippen MR) is 62.9 cm³/mol. The van der Waals surface area contributed by atoms with E-state index in [0.29, 0.717) is 0 Å². The molecule has 1 aromatic rings. The molecule has 1 aliphatic heterocycles. The maximum absolute atomic E-state index is 12.9. The molecule has 2 rings (SSSR count). The zero-order valence-corrected chi connectivity index (χ0v) is 10.4. The monoisotopic (exact) mass is 293 g/mol. The molecule has 19 heavy (non-hydrogen) atoms. The molecule has 2 atom stereocenters. The first-order valence-electron chi connectivity index (χ1n) is 5.62. The second-order valence-electron chi connectivity index (χ2n) is 4.43. The molecule has 0 aromatic heterocycles. The van der Waals surface area contributed by atoms with Gasteiger partial charge in [0.1, 0.15) is 0 Å². The van der Waals surface area contributed by atoms with Crippen molar-refractivity contribution in [1.29, 1.82) is 0 Å². The summed E-state index contributed by atoms with van der Waals surface area (Å²) >= 11 is 5.86. The van der Waals surface area contributed by atoms with E-state index in [1.165, 1.54) is 12.1 Å². The number of carboxylic acid groups (broad SMARTS) is 1. The van der Waals surface area contributed by atoms with E-state index in [1.807, 2.05) is 0 Å². The van der Waals surface area contributed by atoms with E-state index >= 15 is 0 Å². The highest BCUT2D eigenvalue weighted by Crippen LogP contribution is 2.41. The third-order valence-corrected chi connectivity index (χ3v) is 3.52. The zero-order valence-electron chi connectivity index (χ0n) is 9.67. The Kier molecular flexibility index (Phi) is 3.73. The van der Waals surface area contributed by atoms with Crippen LogP contribution in [0.5, 0.6) is 0 Å². The Labute approximate surface area is 112 Å². The molecule has 1 aliphatic rings. The van der Waals surface area contributed by atoms with Crippen LogP contribution in [0, 0.1) is 5.92 Å². The number of benzene rings is 1. The number of hydrogen-bond acceptors (Lipinski definition) is 2. The van der Waals surface area contributed by atoms with Crippen LogP contribution >= 0.6 is 11.6 Å². The Morgan fingerprint density at radius 3 is 2.63 bits per heavy atom. The number of hydrogen-bond donors (Lipinski definition) is 2. The van der Waals surface area contributed by atoms with Crippen molar-refractivity contribution in [2.75, 3.05) is 6.54 Å². The number of carbonyl (C=O) groups is 1. The van der Waals surface area contributed by atoms with Gasteiger partial charge >= 0.3 is 12.1 Å². The van der Waals surface area contributed by atoms with Gasteiger partial charge in [0, 0.05) is 17.6 Å². The van der Waals surface area contributed by atoms with E-state index in [4.69, 9.17) is 16.7 Å². The summed E-state index contributed by atoms with van der Waals surface area (Å²) in [5.41, 5.74) is -0.885. The highest BCUT2D eigenvalue weighted by atomic mass is 35.5. The molecule has 3 nitrogen and oxygen atoms in total. The largest absolute Gasteiger partial charge is 0.481 e. The number of rotatable bonds is 2. The maximum Gasteiger partial charge on any atom is 0.416 e. The molecule has 104 valence electrons. The number of nitrogens with one attached hydrogen (secondary N) is 1. The summed E-state index contributed by atoms with van der Waals surface area (Å²) in [5.74, 6) is -1.71. The van der Waals surface area contributed by atoms with Crippen LogP contribution < -0.4 is 5.32 Å². The van der Waals surface area contributed by atoms with E-state index < -0.39 is 29.7 Å². The minimum atomic E-state index is -4.51. The quantitative estimate of drug-likeness (QED) is 0.881. The fraction of sp³-hybridized carbons (Fsp3) is 0.417. The molecule has 0 radical (unpaired) electrons. The van der Waals surface area contributed by atoms with E-state index in [0.717, 1.165) is 6.07 Å². The summed E-state index contributed by atoms with van der Waals surface area (Å²) in [7, 11) is 0. The molecule has 0 aliphatic carbocycles. The lowest BCUT2D eigenvalue weighted by molar-refractivity contribution is -0.141. The Hall–Kier alpha value is -1.27. The number of alkyl halides is 3. The summed E-state index contributed by atoms with van der Waals surface area (Å²) in [5, 5.41) is 11.7. The maximum atomic E-state index is 12.9. The summed E-state index contributed by atoms with van der Waals surface area (Å²) in [6, 6.07) is 2.88. The first-order valence-corrected chi connectivity index (χ1v) is 6.00. The van der Waals surface area contributed by atoms with Crippen molar-refractivity contribution in [2.45, 2.75) is 18.6 Å². The van der Waals surface area contributed by atoms with Crippen molar-refractivity contribution < 1.29 is 23.1 Å². The minimum absolute atomic E-state index is 0.00152. The molecule has 7 heteroatoms. The summed E-state index contributed by atoms with van der Waals surface area (Å²) in [6.07, 6.45) is -4.41. The Balaban J connectivity index is 2.38. The van der Waals surface area contributed by atoms with Gasteiger partial charge in [0.25, 0.3) is 0 Å². The van der Waals surface area contributed by atoms with Gasteiger partial charge < -0.3 is 10.4 Å². The van der Waals surface area contributed by atoms with Gasteiger partial charge in [-0.1, -0.05) is 17.7 Å². The lowest BCUT2D eigenvalue weighted by Gasteiger charge is -2.19. The second-order valence-corrected chi connectivity index (χ2v) is 4.84. The van der Waals surface area contributed by atoms with Crippen molar-refractivity contribution in [3.8, 4) is 0 Å². The van der Waals surface area contributed by atoms with Gasteiger partial charge in [0.15, 0.2) is 0 Å². The molecule has 2 unspecified atom stereocenters. The van der Waals surface area contributed by atoms with E-state index in [1.54, 1.807) is 0 Å². The lowest BCUT2D eigenvalue weighted by Crippen LogP contribution is -2.19. The molecule has 0 bridgehead atoms. The van der Waals surface area contributed by atoms with Crippen LogP contribution in [-0.4, -0.2) is 17.6 Å². The zero-order chi connectivity index (χ0) is 14.2. The third-order valence-electron chi connectivity index (χ3n) is 3.19. The number of carboxylic acids is 1. The predicted octanol–water partition coefficient (Wildman–Crippen LogP) is 3.09. The van der Waals surface area contributed by atoms with Gasteiger partial charge in [-0.05, 0) is 24.1 Å². The standard InChI is InChI=1S/C12H11ClF3NO2/c13-8-3-1-2-7(12(14,15)16)10(8)9-4-6(5-17-9)11(18)19/h1-3,6,9,17H,4-5H2,(H,18,19). The molecule has 0 amide bonds. The van der Waals surface area contributed by atoms with Crippen LogP contribution in [0.4, 0.5) is 13.2 Å². The summed E-state index contributed by atoms with van der Waals surface area (Å²) < 4.78 is 38.8. The van der Waals surface area contributed by atoms with Crippen LogP contribution in [0.25, 0.3) is 0 Å². The summed E-state index contributed by atoms with van der Waals surface area (Å²) in [6.45, 7) is 0.141. The molecule has 1 heterocycles. The lowest BCUT2D eigenvalue weighted by atomic mass is 9.95. The van der Waals surface area contributed by atoms with Gasteiger partial charge in [0.2, 0.25) is 0 Å². The van der Waals surface area contributed by atoms with Crippen LogP contribution in [0.15, 0.2) is 18.2 Å². The fourth-order valence-corrected chi connectivity index (χ4v) is 2.59. The highest BCUT2D eigenvalue weighted by molar-refractivity contribution is 6.31. The van der Waals surface area contributed by atoms with Crippen LogP contribution in [0.1, 0.15) is 23.6 Å². The molecule has 0 spiro atoms. The average Bonchev–Trinajstić information content (AvgIpc) is 2.76.